The van der Waals surface area contributed by atoms with Crippen molar-refractivity contribution >= 4 is 35.6 Å². The molecule has 7 heteroatoms. The minimum atomic E-state index is -0.631. The van der Waals surface area contributed by atoms with Crippen LogP contribution in [0.25, 0.3) is 0 Å². The van der Waals surface area contributed by atoms with Crippen LogP contribution < -0.4 is 10.6 Å². The zero-order valence-electron chi connectivity index (χ0n) is 12.0. The first-order chi connectivity index (χ1) is 10.2. The molecule has 1 saturated heterocycles. The van der Waals surface area contributed by atoms with Gasteiger partial charge in [-0.25, -0.2) is 0 Å². The van der Waals surface area contributed by atoms with E-state index >= 15 is 0 Å². The van der Waals surface area contributed by atoms with E-state index in [1.165, 1.54) is 0 Å². The molecule has 118 valence electrons. The highest BCUT2D eigenvalue weighted by atomic mass is 35.5. The van der Waals surface area contributed by atoms with Crippen molar-refractivity contribution in [2.24, 2.45) is 0 Å². The third kappa shape index (κ3) is 3.27. The van der Waals surface area contributed by atoms with Gasteiger partial charge in [-0.1, -0.05) is 11.6 Å². The van der Waals surface area contributed by atoms with Crippen LogP contribution in [0.3, 0.4) is 0 Å². The fraction of sp³-hybridized carbons (Fsp3) is 0.333. The van der Waals surface area contributed by atoms with Gasteiger partial charge in [0.1, 0.15) is 5.54 Å². The van der Waals surface area contributed by atoms with E-state index in [0.29, 0.717) is 17.9 Å². The second-order valence-electron chi connectivity index (χ2n) is 5.19. The lowest BCUT2D eigenvalue weighted by molar-refractivity contribution is -0.126. The van der Waals surface area contributed by atoms with Gasteiger partial charge in [-0.2, -0.15) is 5.10 Å². The molecule has 2 N–H and O–H groups in total. The molecule has 0 spiro atoms. The molecular weight excluding hydrogens is 323 g/mol. The Labute approximate surface area is 140 Å². The molecule has 0 unspecified atom stereocenters. The maximum absolute atomic E-state index is 12.8. The molecule has 1 aromatic carbocycles. The zero-order chi connectivity index (χ0) is 14.7. The van der Waals surface area contributed by atoms with E-state index in [1.807, 2.05) is 12.3 Å². The highest BCUT2D eigenvalue weighted by Crippen LogP contribution is 2.28. The predicted molar refractivity (Wildman–Crippen MR) is 89.6 cm³/mol. The van der Waals surface area contributed by atoms with Gasteiger partial charge in [0.2, 0.25) is 0 Å². The molecule has 3 rings (SSSR count). The lowest BCUT2D eigenvalue weighted by Crippen LogP contribution is -2.52. The van der Waals surface area contributed by atoms with Crippen LogP contribution >= 0.6 is 24.0 Å². The van der Waals surface area contributed by atoms with Gasteiger partial charge in [0.15, 0.2) is 0 Å². The fourth-order valence-electron chi connectivity index (χ4n) is 2.70. The molecule has 0 saturated carbocycles. The standard InChI is InChI=1S/C15H17ClN4O.ClH/c16-12-2-4-13(5-3-12)19-14(21)15(6-9-17-10-7-15)20-11-1-8-18-20;/h1-5,8,11,17H,6-7,9-10H2,(H,19,21);1H. The van der Waals surface area contributed by atoms with E-state index in [4.69, 9.17) is 11.6 Å². The Morgan fingerprint density at radius 1 is 1.27 bits per heavy atom. The summed E-state index contributed by atoms with van der Waals surface area (Å²) in [6, 6.07) is 8.98. The summed E-state index contributed by atoms with van der Waals surface area (Å²) >= 11 is 5.87. The van der Waals surface area contributed by atoms with E-state index in [9.17, 15) is 4.79 Å². The number of nitrogens with zero attached hydrogens (tertiary/aromatic N) is 2. The van der Waals surface area contributed by atoms with Crippen molar-refractivity contribution in [3.63, 3.8) is 0 Å². The van der Waals surface area contributed by atoms with Crippen LogP contribution in [0.2, 0.25) is 5.02 Å². The Morgan fingerprint density at radius 3 is 2.55 bits per heavy atom. The maximum atomic E-state index is 12.8. The smallest absolute Gasteiger partial charge is 0.252 e. The average Bonchev–Trinajstić information content (AvgIpc) is 3.05. The van der Waals surface area contributed by atoms with E-state index in [1.54, 1.807) is 35.1 Å². The number of anilines is 1. The van der Waals surface area contributed by atoms with Crippen LogP contribution in [0, 0.1) is 0 Å². The van der Waals surface area contributed by atoms with Gasteiger partial charge >= 0.3 is 0 Å². The quantitative estimate of drug-likeness (QED) is 0.902. The molecule has 22 heavy (non-hydrogen) atoms. The van der Waals surface area contributed by atoms with E-state index in [0.717, 1.165) is 18.8 Å². The van der Waals surface area contributed by atoms with E-state index in [-0.39, 0.29) is 18.3 Å². The number of rotatable bonds is 3. The normalized spacial score (nSPS) is 16.6. The number of hydrogen-bond donors (Lipinski definition) is 2. The van der Waals surface area contributed by atoms with E-state index < -0.39 is 5.54 Å². The van der Waals surface area contributed by atoms with Crippen LogP contribution in [-0.4, -0.2) is 28.8 Å². The summed E-state index contributed by atoms with van der Waals surface area (Å²) in [5.41, 5.74) is 0.114. The van der Waals surface area contributed by atoms with Gasteiger partial charge in [-0.3, -0.25) is 9.48 Å². The molecule has 2 aromatic rings. The molecular formula is C15H18Cl2N4O. The first-order valence-corrected chi connectivity index (χ1v) is 7.36. The average molecular weight is 341 g/mol. The monoisotopic (exact) mass is 340 g/mol. The number of amides is 1. The largest absolute Gasteiger partial charge is 0.324 e. The summed E-state index contributed by atoms with van der Waals surface area (Å²) in [6.07, 6.45) is 4.99. The molecule has 1 aliphatic rings. The molecule has 2 heterocycles. The SMILES string of the molecule is Cl.O=C(Nc1ccc(Cl)cc1)C1(n2cccn2)CCNCC1. The zero-order valence-corrected chi connectivity index (χ0v) is 13.5. The fourth-order valence-corrected chi connectivity index (χ4v) is 2.83. The molecule has 5 nitrogen and oxygen atoms in total. The number of benzene rings is 1. The highest BCUT2D eigenvalue weighted by Gasteiger charge is 2.41. The third-order valence-corrected chi connectivity index (χ3v) is 4.15. The lowest BCUT2D eigenvalue weighted by Gasteiger charge is -2.36. The van der Waals surface area contributed by atoms with Crippen LogP contribution in [0.4, 0.5) is 5.69 Å². The van der Waals surface area contributed by atoms with Gasteiger partial charge < -0.3 is 10.6 Å². The number of halogens is 2. The molecule has 1 aromatic heterocycles. The van der Waals surface area contributed by atoms with Crippen LogP contribution in [0.5, 0.6) is 0 Å². The van der Waals surface area contributed by atoms with Gasteiger partial charge in [0.25, 0.3) is 5.91 Å². The Morgan fingerprint density at radius 2 is 1.95 bits per heavy atom. The van der Waals surface area contributed by atoms with Gasteiger partial charge in [-0.15, -0.1) is 12.4 Å². The maximum Gasteiger partial charge on any atom is 0.252 e. The van der Waals surface area contributed by atoms with Crippen molar-refractivity contribution in [1.29, 1.82) is 0 Å². The Balaban J connectivity index is 0.00000176. The minimum absolute atomic E-state index is 0. The lowest BCUT2D eigenvalue weighted by atomic mass is 9.87. The highest BCUT2D eigenvalue weighted by molar-refractivity contribution is 6.30. The van der Waals surface area contributed by atoms with Gasteiger partial charge in [0, 0.05) is 23.1 Å². The molecule has 1 aliphatic heterocycles. The summed E-state index contributed by atoms with van der Waals surface area (Å²) in [5.74, 6) is -0.0324. The second-order valence-corrected chi connectivity index (χ2v) is 5.63. The molecule has 1 fully saturated rings. The summed E-state index contributed by atoms with van der Waals surface area (Å²) < 4.78 is 1.78. The van der Waals surface area contributed by atoms with Gasteiger partial charge in [-0.05, 0) is 56.3 Å². The minimum Gasteiger partial charge on any atom is -0.324 e. The van der Waals surface area contributed by atoms with Crippen LogP contribution in [0.15, 0.2) is 42.7 Å². The third-order valence-electron chi connectivity index (χ3n) is 3.90. The summed E-state index contributed by atoms with van der Waals surface area (Å²) in [5, 5.41) is 11.2. The van der Waals surface area contributed by atoms with Crippen molar-refractivity contribution in [2.75, 3.05) is 18.4 Å². The van der Waals surface area contributed by atoms with Gasteiger partial charge in [0.05, 0.1) is 0 Å². The first-order valence-electron chi connectivity index (χ1n) is 6.99. The van der Waals surface area contributed by atoms with Crippen LogP contribution in [-0.2, 0) is 10.3 Å². The number of carbonyl (C=O) groups is 1. The van der Waals surface area contributed by atoms with Crippen LogP contribution in [0.1, 0.15) is 12.8 Å². The van der Waals surface area contributed by atoms with Crippen molar-refractivity contribution < 1.29 is 4.79 Å². The summed E-state index contributed by atoms with van der Waals surface area (Å²) in [6.45, 7) is 1.60. The Bertz CT molecular complexity index is 607. The number of nitrogens with one attached hydrogen (secondary N) is 2. The number of aromatic nitrogens is 2. The van der Waals surface area contributed by atoms with Crippen molar-refractivity contribution in [3.05, 3.63) is 47.7 Å². The van der Waals surface area contributed by atoms with Crippen molar-refractivity contribution in [2.45, 2.75) is 18.4 Å². The molecule has 0 bridgehead atoms. The Hall–Kier alpha value is -1.56. The number of piperidine rings is 1. The first kappa shape index (κ1) is 16.8. The number of carbonyl (C=O) groups excluding carboxylic acids is 1. The predicted octanol–water partition coefficient (Wildman–Crippen LogP) is 2.68. The molecule has 0 aliphatic carbocycles. The van der Waals surface area contributed by atoms with Crippen molar-refractivity contribution in [3.8, 4) is 0 Å². The van der Waals surface area contributed by atoms with E-state index in [2.05, 4.69) is 15.7 Å². The topological polar surface area (TPSA) is 59.0 Å². The van der Waals surface area contributed by atoms with Crippen molar-refractivity contribution in [1.82, 2.24) is 15.1 Å². The summed E-state index contributed by atoms with van der Waals surface area (Å²) in [7, 11) is 0. The molecule has 0 radical (unpaired) electrons. The number of hydrogen-bond acceptors (Lipinski definition) is 3. The molecule has 1 amide bonds. The summed E-state index contributed by atoms with van der Waals surface area (Å²) in [4.78, 5) is 12.8. The molecule has 0 atom stereocenters. The second kappa shape index (κ2) is 7.13. The Kier molecular flexibility index (Phi) is 5.45.